The first kappa shape index (κ1) is 15.1. The van der Waals surface area contributed by atoms with Gasteiger partial charge >= 0.3 is 0 Å². The summed E-state index contributed by atoms with van der Waals surface area (Å²) in [5, 5.41) is 0.519. The molecule has 1 aliphatic rings. The lowest BCUT2D eigenvalue weighted by molar-refractivity contribution is 0.241. The van der Waals surface area contributed by atoms with Crippen LogP contribution in [0.4, 0.5) is 0 Å². The fraction of sp³-hybridized carbons (Fsp3) is 0.235. The summed E-state index contributed by atoms with van der Waals surface area (Å²) in [6.07, 6.45) is 9.66. The van der Waals surface area contributed by atoms with E-state index < -0.39 is 0 Å². The SMILES string of the molecule is Clc1ccc(CN2CCc3cnc(-c4cncnc4)nc3C2)cn1. The van der Waals surface area contributed by atoms with Gasteiger partial charge in [0.2, 0.25) is 0 Å². The molecule has 0 unspecified atom stereocenters. The molecule has 0 amide bonds. The fourth-order valence-corrected chi connectivity index (χ4v) is 2.92. The Morgan fingerprint density at radius 1 is 1.04 bits per heavy atom. The van der Waals surface area contributed by atoms with Gasteiger partial charge in [0.25, 0.3) is 0 Å². The Labute approximate surface area is 144 Å². The van der Waals surface area contributed by atoms with Crippen LogP contribution in [0.2, 0.25) is 5.15 Å². The number of halogens is 1. The van der Waals surface area contributed by atoms with E-state index in [9.17, 15) is 0 Å². The number of hydrogen-bond donors (Lipinski definition) is 0. The topological polar surface area (TPSA) is 67.7 Å². The van der Waals surface area contributed by atoms with Crippen LogP contribution >= 0.6 is 11.6 Å². The molecule has 0 bridgehead atoms. The molecule has 0 spiro atoms. The summed E-state index contributed by atoms with van der Waals surface area (Å²) in [6, 6.07) is 3.84. The summed E-state index contributed by atoms with van der Waals surface area (Å²) >= 11 is 5.85. The summed E-state index contributed by atoms with van der Waals surface area (Å²) in [7, 11) is 0. The summed E-state index contributed by atoms with van der Waals surface area (Å²) in [4.78, 5) is 23.7. The molecule has 0 saturated heterocycles. The van der Waals surface area contributed by atoms with Gasteiger partial charge in [0, 0.05) is 44.4 Å². The highest BCUT2D eigenvalue weighted by Crippen LogP contribution is 2.21. The minimum atomic E-state index is 0.519. The molecular weight excluding hydrogens is 324 g/mol. The molecule has 0 radical (unpaired) electrons. The second kappa shape index (κ2) is 6.59. The molecule has 0 saturated carbocycles. The third kappa shape index (κ3) is 3.25. The largest absolute Gasteiger partial charge is 0.293 e. The van der Waals surface area contributed by atoms with Crippen molar-refractivity contribution in [1.82, 2.24) is 29.8 Å². The van der Waals surface area contributed by atoms with Crippen molar-refractivity contribution < 1.29 is 0 Å². The summed E-state index contributed by atoms with van der Waals surface area (Å²) in [6.45, 7) is 2.60. The highest BCUT2D eigenvalue weighted by molar-refractivity contribution is 6.29. The van der Waals surface area contributed by atoms with Crippen molar-refractivity contribution >= 4 is 11.6 Å². The zero-order chi connectivity index (χ0) is 16.4. The van der Waals surface area contributed by atoms with E-state index in [0.717, 1.165) is 42.9 Å². The van der Waals surface area contributed by atoms with Crippen LogP contribution in [0.5, 0.6) is 0 Å². The van der Waals surface area contributed by atoms with E-state index in [0.29, 0.717) is 11.0 Å². The van der Waals surface area contributed by atoms with E-state index in [2.05, 4.69) is 24.8 Å². The van der Waals surface area contributed by atoms with E-state index in [1.807, 2.05) is 24.5 Å². The van der Waals surface area contributed by atoms with Gasteiger partial charge in [-0.05, 0) is 23.6 Å². The van der Waals surface area contributed by atoms with Gasteiger partial charge in [0.1, 0.15) is 11.5 Å². The number of aromatic nitrogens is 5. The Morgan fingerprint density at radius 2 is 1.92 bits per heavy atom. The molecule has 1 aliphatic heterocycles. The van der Waals surface area contributed by atoms with E-state index in [4.69, 9.17) is 16.6 Å². The molecule has 3 aromatic rings. The van der Waals surface area contributed by atoms with Gasteiger partial charge in [-0.1, -0.05) is 17.7 Å². The maximum atomic E-state index is 5.85. The Hall–Kier alpha value is -2.44. The van der Waals surface area contributed by atoms with Crippen molar-refractivity contribution in [3.63, 3.8) is 0 Å². The average molecular weight is 339 g/mol. The molecular formula is C17H15ClN6. The van der Waals surface area contributed by atoms with Crippen LogP contribution in [-0.2, 0) is 19.5 Å². The van der Waals surface area contributed by atoms with Gasteiger partial charge in [-0.3, -0.25) is 4.90 Å². The van der Waals surface area contributed by atoms with Crippen molar-refractivity contribution in [1.29, 1.82) is 0 Å². The van der Waals surface area contributed by atoms with Crippen molar-refractivity contribution in [2.75, 3.05) is 6.54 Å². The molecule has 6 nitrogen and oxygen atoms in total. The average Bonchev–Trinajstić information content (AvgIpc) is 2.64. The number of hydrogen-bond acceptors (Lipinski definition) is 6. The van der Waals surface area contributed by atoms with Gasteiger partial charge in [-0.2, -0.15) is 0 Å². The predicted molar refractivity (Wildman–Crippen MR) is 90.1 cm³/mol. The molecule has 120 valence electrons. The van der Waals surface area contributed by atoms with Crippen LogP contribution in [0.1, 0.15) is 16.8 Å². The molecule has 0 N–H and O–H groups in total. The fourth-order valence-electron chi connectivity index (χ4n) is 2.80. The monoisotopic (exact) mass is 338 g/mol. The van der Waals surface area contributed by atoms with Crippen LogP contribution in [0.3, 0.4) is 0 Å². The number of nitrogens with zero attached hydrogens (tertiary/aromatic N) is 6. The molecule has 0 aromatic carbocycles. The Balaban J connectivity index is 1.54. The Kier molecular flexibility index (Phi) is 4.15. The third-order valence-corrected chi connectivity index (χ3v) is 4.26. The molecule has 24 heavy (non-hydrogen) atoms. The first-order chi connectivity index (χ1) is 11.8. The van der Waals surface area contributed by atoms with Gasteiger partial charge in [-0.25, -0.2) is 24.9 Å². The minimum absolute atomic E-state index is 0.519. The molecule has 4 heterocycles. The number of rotatable bonds is 3. The van der Waals surface area contributed by atoms with Gasteiger partial charge in [0.05, 0.1) is 11.3 Å². The van der Waals surface area contributed by atoms with Crippen LogP contribution in [0, 0.1) is 0 Å². The highest BCUT2D eigenvalue weighted by atomic mass is 35.5. The second-order valence-electron chi connectivity index (χ2n) is 5.74. The molecule has 0 atom stereocenters. The standard InChI is InChI=1S/C17H15ClN6/c18-16-2-1-12(5-21-16)9-24-4-3-13-8-22-17(23-15(13)10-24)14-6-19-11-20-7-14/h1-2,5-8,11H,3-4,9-10H2. The zero-order valence-corrected chi connectivity index (χ0v) is 13.7. The van der Waals surface area contributed by atoms with Crippen LogP contribution in [0.15, 0.2) is 43.2 Å². The van der Waals surface area contributed by atoms with Crippen LogP contribution < -0.4 is 0 Å². The smallest absolute Gasteiger partial charge is 0.162 e. The normalized spacial score (nSPS) is 14.4. The van der Waals surface area contributed by atoms with Crippen LogP contribution in [-0.4, -0.2) is 36.4 Å². The van der Waals surface area contributed by atoms with E-state index in [1.54, 1.807) is 12.4 Å². The minimum Gasteiger partial charge on any atom is -0.293 e. The van der Waals surface area contributed by atoms with Crippen molar-refractivity contribution in [2.45, 2.75) is 19.5 Å². The first-order valence-electron chi connectivity index (χ1n) is 7.71. The lowest BCUT2D eigenvalue weighted by Crippen LogP contribution is -2.31. The Morgan fingerprint density at radius 3 is 2.71 bits per heavy atom. The van der Waals surface area contributed by atoms with Gasteiger partial charge < -0.3 is 0 Å². The molecule has 0 fully saturated rings. The molecule has 3 aromatic heterocycles. The predicted octanol–water partition coefficient (Wildman–Crippen LogP) is 2.54. The van der Waals surface area contributed by atoms with Crippen molar-refractivity contribution in [3.8, 4) is 11.4 Å². The maximum Gasteiger partial charge on any atom is 0.162 e. The van der Waals surface area contributed by atoms with Crippen molar-refractivity contribution in [3.05, 3.63) is 65.2 Å². The molecule has 0 aliphatic carbocycles. The summed E-state index contributed by atoms with van der Waals surface area (Å²) < 4.78 is 0. The number of pyridine rings is 1. The van der Waals surface area contributed by atoms with Gasteiger partial charge in [0.15, 0.2) is 5.82 Å². The molecule has 7 heteroatoms. The quantitative estimate of drug-likeness (QED) is 0.684. The maximum absolute atomic E-state index is 5.85. The van der Waals surface area contributed by atoms with Gasteiger partial charge in [-0.15, -0.1) is 0 Å². The summed E-state index contributed by atoms with van der Waals surface area (Å²) in [5.74, 6) is 0.671. The first-order valence-corrected chi connectivity index (χ1v) is 8.09. The second-order valence-corrected chi connectivity index (χ2v) is 6.13. The zero-order valence-electron chi connectivity index (χ0n) is 12.9. The lowest BCUT2D eigenvalue weighted by atomic mass is 10.1. The van der Waals surface area contributed by atoms with Crippen molar-refractivity contribution in [2.24, 2.45) is 0 Å². The van der Waals surface area contributed by atoms with E-state index in [1.165, 1.54) is 11.9 Å². The van der Waals surface area contributed by atoms with E-state index >= 15 is 0 Å². The highest BCUT2D eigenvalue weighted by Gasteiger charge is 2.19. The molecule has 4 rings (SSSR count). The summed E-state index contributed by atoms with van der Waals surface area (Å²) in [5.41, 5.74) is 4.26. The number of fused-ring (bicyclic) bond motifs is 1. The van der Waals surface area contributed by atoms with Crippen LogP contribution in [0.25, 0.3) is 11.4 Å². The third-order valence-electron chi connectivity index (χ3n) is 4.04. The van der Waals surface area contributed by atoms with E-state index in [-0.39, 0.29) is 0 Å². The Bertz CT molecular complexity index is 837. The lowest BCUT2D eigenvalue weighted by Gasteiger charge is -2.27.